The first-order chi connectivity index (χ1) is 17.6. The van der Waals surface area contributed by atoms with Crippen molar-refractivity contribution in [3.05, 3.63) is 69.9 Å². The molecule has 0 spiro atoms. The monoisotopic (exact) mass is 527 g/mol. The number of likely N-dealkylation sites (tertiary alicyclic amines) is 1. The molecule has 4 rings (SSSR count). The van der Waals surface area contributed by atoms with Gasteiger partial charge in [-0.15, -0.1) is 0 Å². The van der Waals surface area contributed by atoms with E-state index in [4.69, 9.17) is 0 Å². The van der Waals surface area contributed by atoms with Crippen molar-refractivity contribution in [2.24, 2.45) is 5.92 Å². The third-order valence-corrected chi connectivity index (χ3v) is 6.77. The van der Waals surface area contributed by atoms with E-state index in [9.17, 15) is 22.8 Å². The Bertz CT molecular complexity index is 1370. The Balaban J connectivity index is 1.43. The number of aromatic nitrogens is 2. The third-order valence-electron chi connectivity index (χ3n) is 5.94. The zero-order chi connectivity index (χ0) is 26.6. The molecule has 1 fully saturated rings. The maximum absolute atomic E-state index is 12.9. The Morgan fingerprint density at radius 3 is 2.57 bits per heavy atom. The third kappa shape index (κ3) is 6.86. The molecule has 2 aromatic heterocycles. The highest BCUT2D eigenvalue weighted by molar-refractivity contribution is 7.16. The fourth-order valence-electron chi connectivity index (χ4n) is 3.66. The molecule has 0 aliphatic carbocycles. The molecule has 0 radical (unpaired) electrons. The van der Waals surface area contributed by atoms with Gasteiger partial charge in [0.25, 0.3) is 5.91 Å². The summed E-state index contributed by atoms with van der Waals surface area (Å²) >= 11 is 1.24. The van der Waals surface area contributed by atoms with Gasteiger partial charge < -0.3 is 10.2 Å². The maximum Gasteiger partial charge on any atom is 0.416 e. The molecule has 3 aromatic rings. The van der Waals surface area contributed by atoms with Gasteiger partial charge in [0.2, 0.25) is 0 Å². The highest BCUT2D eigenvalue weighted by Crippen LogP contribution is 2.30. The van der Waals surface area contributed by atoms with Crippen molar-refractivity contribution in [2.75, 3.05) is 23.7 Å². The van der Waals surface area contributed by atoms with Crippen LogP contribution in [0, 0.1) is 24.7 Å². The summed E-state index contributed by atoms with van der Waals surface area (Å²) in [7, 11) is 0. The van der Waals surface area contributed by atoms with Crippen LogP contribution in [0.2, 0.25) is 0 Å². The lowest BCUT2D eigenvalue weighted by Crippen LogP contribution is -2.40. The van der Waals surface area contributed by atoms with E-state index in [1.807, 2.05) is 6.92 Å². The summed E-state index contributed by atoms with van der Waals surface area (Å²) in [5, 5.41) is 5.66. The lowest BCUT2D eigenvalue weighted by Gasteiger charge is -2.29. The molecule has 1 aromatic carbocycles. The molecule has 0 atom stereocenters. The van der Waals surface area contributed by atoms with Gasteiger partial charge in [-0.2, -0.15) is 13.2 Å². The number of nitrogens with one attached hydrogen (secondary N) is 2. The number of carbonyl (C=O) groups excluding carboxylic acids is 2. The van der Waals surface area contributed by atoms with Crippen molar-refractivity contribution >= 4 is 34.2 Å². The number of hydrogen-bond donors (Lipinski definition) is 2. The first-order valence-electron chi connectivity index (χ1n) is 11.6. The molecule has 7 nitrogen and oxygen atoms in total. The number of rotatable bonds is 3. The Morgan fingerprint density at radius 1 is 1.08 bits per heavy atom. The van der Waals surface area contributed by atoms with Gasteiger partial charge in [0.15, 0.2) is 5.13 Å². The standard InChI is InChI=1S/C26H24F3N5O2S/c1-16-8-11-34(12-9-16)25(36)33-24-31-15-21(37-24)6-5-18-13-19(4-3-17(18)2)23(35)32-22-14-20(7-10-30-22)26(27,28)29/h3-4,7,10,13-16H,8-9,11-12H2,1-2H3,(H,30,32,35)(H,31,33,36). The van der Waals surface area contributed by atoms with Gasteiger partial charge in [-0.05, 0) is 61.4 Å². The van der Waals surface area contributed by atoms with Gasteiger partial charge in [-0.1, -0.05) is 30.2 Å². The van der Waals surface area contributed by atoms with Gasteiger partial charge >= 0.3 is 12.2 Å². The molecule has 11 heteroatoms. The number of pyridine rings is 1. The summed E-state index contributed by atoms with van der Waals surface area (Å²) in [6.07, 6.45) is -0.0234. The fourth-order valence-corrected chi connectivity index (χ4v) is 4.32. The second-order valence-corrected chi connectivity index (χ2v) is 9.82. The number of halogens is 3. The molecule has 3 amide bonds. The molecule has 37 heavy (non-hydrogen) atoms. The molecule has 3 heterocycles. The number of piperidine rings is 1. The van der Waals surface area contributed by atoms with Gasteiger partial charge in [0.1, 0.15) is 5.82 Å². The van der Waals surface area contributed by atoms with E-state index >= 15 is 0 Å². The number of thiazole rings is 1. The molecule has 1 saturated heterocycles. The SMILES string of the molecule is Cc1ccc(C(=O)Nc2cc(C(F)(F)F)ccn2)cc1C#Cc1cnc(NC(=O)N2CCC(C)CC2)s1. The number of anilines is 2. The Kier molecular flexibility index (Phi) is 7.78. The van der Waals surface area contributed by atoms with E-state index in [1.54, 1.807) is 29.3 Å². The van der Waals surface area contributed by atoms with E-state index in [0.717, 1.165) is 49.8 Å². The van der Waals surface area contributed by atoms with Crippen LogP contribution in [0.3, 0.4) is 0 Å². The zero-order valence-electron chi connectivity index (χ0n) is 20.1. The minimum absolute atomic E-state index is 0.175. The van der Waals surface area contributed by atoms with Crippen LogP contribution < -0.4 is 10.6 Å². The van der Waals surface area contributed by atoms with Gasteiger partial charge in [0, 0.05) is 30.4 Å². The summed E-state index contributed by atoms with van der Waals surface area (Å²) in [5.74, 6) is 5.81. The lowest BCUT2D eigenvalue weighted by molar-refractivity contribution is -0.137. The van der Waals surface area contributed by atoms with Crippen LogP contribution in [0.1, 0.15) is 51.7 Å². The number of hydrogen-bond acceptors (Lipinski definition) is 5. The number of benzene rings is 1. The van der Waals surface area contributed by atoms with Gasteiger partial charge in [-0.3, -0.25) is 10.1 Å². The van der Waals surface area contributed by atoms with Crippen LogP contribution >= 0.6 is 11.3 Å². The Hall–Kier alpha value is -3.91. The van der Waals surface area contributed by atoms with E-state index in [2.05, 4.69) is 39.4 Å². The average Bonchev–Trinajstić information content (AvgIpc) is 3.30. The minimum Gasteiger partial charge on any atom is -0.324 e. The number of amides is 3. The Morgan fingerprint density at radius 2 is 1.84 bits per heavy atom. The summed E-state index contributed by atoms with van der Waals surface area (Å²) in [6.45, 7) is 5.45. The molecule has 0 unspecified atom stereocenters. The van der Waals surface area contributed by atoms with Crippen molar-refractivity contribution in [1.82, 2.24) is 14.9 Å². The van der Waals surface area contributed by atoms with E-state index < -0.39 is 17.6 Å². The molecular weight excluding hydrogens is 503 g/mol. The second-order valence-electron chi connectivity index (χ2n) is 8.79. The molecule has 0 saturated carbocycles. The second kappa shape index (κ2) is 11.0. The van der Waals surface area contributed by atoms with E-state index in [0.29, 0.717) is 21.5 Å². The molecular formula is C26H24F3N5O2S. The molecule has 1 aliphatic heterocycles. The van der Waals surface area contributed by atoms with Crippen molar-refractivity contribution < 1.29 is 22.8 Å². The van der Waals surface area contributed by atoms with Gasteiger partial charge in [0.05, 0.1) is 16.6 Å². The smallest absolute Gasteiger partial charge is 0.324 e. The number of aryl methyl sites for hydroxylation is 1. The number of carbonyl (C=O) groups is 2. The normalized spacial score (nSPS) is 14.0. The summed E-state index contributed by atoms with van der Waals surface area (Å²) in [5.41, 5.74) is 0.714. The summed E-state index contributed by atoms with van der Waals surface area (Å²) < 4.78 is 38.8. The molecule has 2 N–H and O–H groups in total. The summed E-state index contributed by atoms with van der Waals surface area (Å²) in [6, 6.07) is 6.26. The van der Waals surface area contributed by atoms with Crippen molar-refractivity contribution in [3.8, 4) is 11.8 Å². The van der Waals surface area contributed by atoms with Crippen LogP contribution in [0.5, 0.6) is 0 Å². The van der Waals surface area contributed by atoms with Crippen LogP contribution in [0.15, 0.2) is 42.7 Å². The zero-order valence-corrected chi connectivity index (χ0v) is 21.0. The lowest BCUT2D eigenvalue weighted by atomic mass is 10.00. The highest BCUT2D eigenvalue weighted by Gasteiger charge is 2.31. The predicted octanol–water partition coefficient (Wildman–Crippen LogP) is 5.78. The van der Waals surface area contributed by atoms with Gasteiger partial charge in [-0.25, -0.2) is 14.8 Å². The quantitative estimate of drug-likeness (QED) is 0.423. The highest BCUT2D eigenvalue weighted by atomic mass is 32.1. The van der Waals surface area contributed by atoms with Crippen molar-refractivity contribution in [1.29, 1.82) is 0 Å². The van der Waals surface area contributed by atoms with E-state index in [1.165, 1.54) is 11.3 Å². The van der Waals surface area contributed by atoms with Crippen LogP contribution in [0.4, 0.5) is 28.9 Å². The Labute approximate surface area is 216 Å². The first-order valence-corrected chi connectivity index (χ1v) is 12.4. The maximum atomic E-state index is 12.9. The van der Waals surface area contributed by atoms with Crippen LogP contribution in [-0.4, -0.2) is 39.9 Å². The predicted molar refractivity (Wildman–Crippen MR) is 135 cm³/mol. The average molecular weight is 528 g/mol. The topological polar surface area (TPSA) is 87.2 Å². The van der Waals surface area contributed by atoms with Crippen molar-refractivity contribution in [2.45, 2.75) is 32.9 Å². The summed E-state index contributed by atoms with van der Waals surface area (Å²) in [4.78, 5) is 35.5. The fraction of sp³-hybridized carbons (Fsp3) is 0.308. The largest absolute Gasteiger partial charge is 0.416 e. The van der Waals surface area contributed by atoms with E-state index in [-0.39, 0.29) is 17.4 Å². The van der Waals surface area contributed by atoms with Crippen LogP contribution in [0.25, 0.3) is 0 Å². The molecule has 1 aliphatic rings. The van der Waals surface area contributed by atoms with Crippen molar-refractivity contribution in [3.63, 3.8) is 0 Å². The first kappa shape index (κ1) is 26.2. The number of alkyl halides is 3. The number of nitrogens with zero attached hydrogens (tertiary/aromatic N) is 3. The minimum atomic E-state index is -4.54. The molecule has 192 valence electrons. The number of urea groups is 1. The van der Waals surface area contributed by atoms with Crippen LogP contribution in [-0.2, 0) is 6.18 Å². The molecule has 0 bridgehead atoms.